The van der Waals surface area contributed by atoms with E-state index in [9.17, 15) is 27.2 Å². The normalized spacial score (nSPS) is 12.4. The molecule has 3 aromatic carbocycles. The van der Waals surface area contributed by atoms with Crippen LogP contribution >= 0.6 is 0 Å². The Hall–Kier alpha value is -3.42. The molecule has 4 rings (SSSR count). The number of carbonyl (C=O) groups is 2. The summed E-state index contributed by atoms with van der Waals surface area (Å²) in [6.45, 7) is 0. The number of carboxylic acid groups (broad SMARTS) is 2. The van der Waals surface area contributed by atoms with Gasteiger partial charge in [0.2, 0.25) is 0 Å². The summed E-state index contributed by atoms with van der Waals surface area (Å²) in [5, 5.41) is 19.7. The molecule has 0 bridgehead atoms. The van der Waals surface area contributed by atoms with Crippen LogP contribution in [0.1, 0.15) is 32.6 Å². The van der Waals surface area contributed by atoms with Crippen molar-refractivity contribution in [1.82, 2.24) is 0 Å². The van der Waals surface area contributed by atoms with Gasteiger partial charge >= 0.3 is 18.1 Å². The Balaban J connectivity index is 0.000000171. The molecule has 0 radical (unpaired) electrons. The summed E-state index contributed by atoms with van der Waals surface area (Å²) in [5.41, 5.74) is 0.677. The van der Waals surface area contributed by atoms with Crippen molar-refractivity contribution in [1.29, 1.82) is 0 Å². The number of rotatable bonds is 3. The second-order valence-electron chi connectivity index (χ2n) is 6.75. The van der Waals surface area contributed by atoms with Gasteiger partial charge < -0.3 is 10.2 Å². The van der Waals surface area contributed by atoms with Crippen molar-refractivity contribution in [2.75, 3.05) is 0 Å². The van der Waals surface area contributed by atoms with Gasteiger partial charge in [0.1, 0.15) is 5.82 Å². The second kappa shape index (κ2) is 8.14. The fourth-order valence-electron chi connectivity index (χ4n) is 3.62. The lowest BCUT2D eigenvalue weighted by atomic mass is 10.0. The zero-order chi connectivity index (χ0) is 22.1. The molecule has 8 heteroatoms. The first-order valence-electron chi connectivity index (χ1n) is 8.92. The molecule has 1 aliphatic carbocycles. The molecule has 3 aromatic rings. The van der Waals surface area contributed by atoms with Crippen molar-refractivity contribution < 1.29 is 37.4 Å². The fourth-order valence-corrected chi connectivity index (χ4v) is 3.62. The number of halogens is 4. The van der Waals surface area contributed by atoms with Gasteiger partial charge in [-0.3, -0.25) is 4.79 Å². The lowest BCUT2D eigenvalue weighted by molar-refractivity contribution is -0.140. The highest BCUT2D eigenvalue weighted by molar-refractivity contribution is 6.00. The van der Waals surface area contributed by atoms with Crippen LogP contribution in [0.5, 0.6) is 0 Å². The van der Waals surface area contributed by atoms with Crippen molar-refractivity contribution in [3.63, 3.8) is 0 Å². The monoisotopic (exact) mass is 420 g/mol. The average molecular weight is 420 g/mol. The zero-order valence-corrected chi connectivity index (χ0v) is 15.5. The van der Waals surface area contributed by atoms with E-state index in [0.29, 0.717) is 11.6 Å². The molecule has 1 aliphatic rings. The molecule has 0 heterocycles. The molecular weight excluding hydrogens is 404 g/mol. The Kier molecular flexibility index (Phi) is 5.78. The zero-order valence-electron chi connectivity index (χ0n) is 15.5. The van der Waals surface area contributed by atoms with Crippen molar-refractivity contribution >= 4 is 22.7 Å². The van der Waals surface area contributed by atoms with Crippen LogP contribution in [0.3, 0.4) is 0 Å². The third kappa shape index (κ3) is 4.27. The van der Waals surface area contributed by atoms with Crippen LogP contribution < -0.4 is 0 Å². The van der Waals surface area contributed by atoms with Crippen molar-refractivity contribution in [3.05, 3.63) is 82.2 Å². The lowest BCUT2D eigenvalue weighted by Gasteiger charge is -2.11. The number of aryl methyl sites for hydroxylation is 2. The number of aromatic carboxylic acids is 1. The predicted molar refractivity (Wildman–Crippen MR) is 101 cm³/mol. The summed E-state index contributed by atoms with van der Waals surface area (Å²) in [6.07, 6.45) is -3.90. The molecule has 0 saturated heterocycles. The summed E-state index contributed by atoms with van der Waals surface area (Å²) in [6, 6.07) is 12.1. The van der Waals surface area contributed by atoms with E-state index in [-0.39, 0.29) is 0 Å². The second-order valence-corrected chi connectivity index (χ2v) is 6.75. The summed E-state index contributed by atoms with van der Waals surface area (Å²) < 4.78 is 49.9. The summed E-state index contributed by atoms with van der Waals surface area (Å²) in [7, 11) is 0. The molecule has 0 fully saturated rings. The van der Waals surface area contributed by atoms with Crippen LogP contribution in [0.25, 0.3) is 10.8 Å². The van der Waals surface area contributed by atoms with E-state index in [2.05, 4.69) is 6.07 Å². The lowest BCUT2D eigenvalue weighted by Crippen LogP contribution is -2.13. The third-order valence-corrected chi connectivity index (χ3v) is 4.87. The number of carboxylic acids is 2. The van der Waals surface area contributed by atoms with Crippen LogP contribution in [0, 0.1) is 5.82 Å². The van der Waals surface area contributed by atoms with Gasteiger partial charge in [-0.1, -0.05) is 30.3 Å². The van der Waals surface area contributed by atoms with E-state index < -0.39 is 41.5 Å². The quantitative estimate of drug-likeness (QED) is 0.578. The first kappa shape index (κ1) is 21.3. The van der Waals surface area contributed by atoms with Gasteiger partial charge in [0, 0.05) is 5.56 Å². The fraction of sp³-hybridized carbons (Fsp3) is 0.182. The van der Waals surface area contributed by atoms with Gasteiger partial charge in [-0.15, -0.1) is 0 Å². The van der Waals surface area contributed by atoms with Gasteiger partial charge in [-0.2, -0.15) is 13.2 Å². The molecule has 156 valence electrons. The first-order valence-corrected chi connectivity index (χ1v) is 8.92. The summed E-state index contributed by atoms with van der Waals surface area (Å²) >= 11 is 0. The maximum atomic E-state index is 13.0. The topological polar surface area (TPSA) is 74.6 Å². The summed E-state index contributed by atoms with van der Waals surface area (Å²) in [4.78, 5) is 21.3. The molecule has 0 atom stereocenters. The molecular formula is C22H16F4O4. The maximum Gasteiger partial charge on any atom is 0.416 e. The largest absolute Gasteiger partial charge is 0.481 e. The minimum atomic E-state index is -4.74. The number of hydrogen-bond donors (Lipinski definition) is 2. The molecule has 4 nitrogen and oxygen atoms in total. The Morgan fingerprint density at radius 3 is 2.27 bits per heavy atom. The number of alkyl halides is 3. The maximum absolute atomic E-state index is 13.0. The minimum absolute atomic E-state index is 0.465. The van der Waals surface area contributed by atoms with E-state index in [1.807, 2.05) is 18.2 Å². The van der Waals surface area contributed by atoms with E-state index in [4.69, 9.17) is 10.2 Å². The predicted octanol–water partition coefficient (Wildman–Crippen LogP) is 5.11. The van der Waals surface area contributed by atoms with E-state index in [0.717, 1.165) is 41.3 Å². The van der Waals surface area contributed by atoms with Gasteiger partial charge in [-0.25, -0.2) is 9.18 Å². The Bertz CT molecular complexity index is 1140. The van der Waals surface area contributed by atoms with Crippen molar-refractivity contribution in [3.8, 4) is 0 Å². The van der Waals surface area contributed by atoms with Gasteiger partial charge in [0.05, 0.1) is 17.5 Å². The SMILES string of the molecule is O=C(O)Cc1c(F)cccc1C(F)(F)F.O=C(O)c1ccc2cccc3c2c1CC3. The van der Waals surface area contributed by atoms with Gasteiger partial charge in [0.25, 0.3) is 0 Å². The molecule has 0 amide bonds. The Morgan fingerprint density at radius 1 is 0.933 bits per heavy atom. The van der Waals surface area contributed by atoms with Crippen LogP contribution in [-0.2, 0) is 30.2 Å². The van der Waals surface area contributed by atoms with E-state index >= 15 is 0 Å². The summed E-state index contributed by atoms with van der Waals surface area (Å²) in [5.74, 6) is -3.48. The molecule has 2 N–H and O–H groups in total. The highest BCUT2D eigenvalue weighted by Gasteiger charge is 2.34. The Labute approximate surface area is 168 Å². The molecule has 0 aromatic heterocycles. The highest BCUT2D eigenvalue weighted by Crippen LogP contribution is 2.34. The van der Waals surface area contributed by atoms with Gasteiger partial charge in [0.15, 0.2) is 0 Å². The number of aliphatic carboxylic acids is 1. The molecule has 0 saturated carbocycles. The van der Waals surface area contributed by atoms with E-state index in [1.54, 1.807) is 6.07 Å². The van der Waals surface area contributed by atoms with Crippen molar-refractivity contribution in [2.24, 2.45) is 0 Å². The highest BCUT2D eigenvalue weighted by atomic mass is 19.4. The first-order chi connectivity index (χ1) is 14.1. The number of hydrogen-bond acceptors (Lipinski definition) is 2. The molecule has 0 unspecified atom stereocenters. The standard InChI is InChI=1S/C13H10O2.C9H6F4O2/c14-13(15)11-7-5-9-3-1-2-8-4-6-10(11)12(8)9;10-7-3-1-2-6(9(11,12)13)5(7)4-8(14)15/h1-3,5,7H,4,6H2,(H,14,15);1-3H,4H2,(H,14,15). The molecule has 0 spiro atoms. The van der Waals surface area contributed by atoms with Crippen LogP contribution in [0.4, 0.5) is 17.6 Å². The number of benzene rings is 3. The van der Waals surface area contributed by atoms with Gasteiger partial charge in [-0.05, 0) is 52.9 Å². The Morgan fingerprint density at radius 2 is 1.63 bits per heavy atom. The van der Waals surface area contributed by atoms with E-state index in [1.165, 1.54) is 5.56 Å². The van der Waals surface area contributed by atoms with Crippen LogP contribution in [-0.4, -0.2) is 22.2 Å². The minimum Gasteiger partial charge on any atom is -0.481 e. The van der Waals surface area contributed by atoms with Crippen LogP contribution in [0.2, 0.25) is 0 Å². The molecule has 30 heavy (non-hydrogen) atoms. The third-order valence-electron chi connectivity index (χ3n) is 4.87. The van der Waals surface area contributed by atoms with Crippen LogP contribution in [0.15, 0.2) is 48.5 Å². The smallest absolute Gasteiger partial charge is 0.416 e. The van der Waals surface area contributed by atoms with Crippen molar-refractivity contribution in [2.45, 2.75) is 25.4 Å². The average Bonchev–Trinajstić information content (AvgIpc) is 3.09. The molecule has 0 aliphatic heterocycles.